The number of aromatic carboxylic acids is 1. The zero-order valence-corrected chi connectivity index (χ0v) is 16.7. The zero-order chi connectivity index (χ0) is 21.7. The second-order valence-electron chi connectivity index (χ2n) is 6.72. The number of hydrogen-bond donors (Lipinski definition) is 1. The molecule has 0 aliphatic rings. The van der Waals surface area contributed by atoms with Gasteiger partial charge in [-0.25, -0.2) is 14.5 Å². The molecule has 0 bridgehead atoms. The van der Waals surface area contributed by atoms with Crippen LogP contribution in [0.2, 0.25) is 0 Å². The standard InChI is InChI=1S/C23H21F2N3O2/c1-3-5-10-20-26-22(23(24,25)4-2)27-28(20)15-16-11-13-17(14-12-16)18-8-6-7-9-19(18)21(29)30/h6-9,11-14H,4,10,15H2,1-2H3,(H,29,30). The zero-order valence-electron chi connectivity index (χ0n) is 16.7. The molecule has 154 valence electrons. The van der Waals surface area contributed by atoms with Crippen LogP contribution in [0, 0.1) is 11.8 Å². The van der Waals surface area contributed by atoms with Gasteiger partial charge in [-0.05, 0) is 29.7 Å². The number of halogens is 2. The summed E-state index contributed by atoms with van der Waals surface area (Å²) in [5.74, 6) is 1.39. The predicted octanol–water partition coefficient (Wildman–Crippen LogP) is 4.76. The van der Waals surface area contributed by atoms with E-state index in [-0.39, 0.29) is 24.9 Å². The second-order valence-corrected chi connectivity index (χ2v) is 6.72. The van der Waals surface area contributed by atoms with Crippen LogP contribution < -0.4 is 0 Å². The number of rotatable bonds is 7. The summed E-state index contributed by atoms with van der Waals surface area (Å²) in [6, 6.07) is 14.0. The van der Waals surface area contributed by atoms with Gasteiger partial charge in [0, 0.05) is 6.42 Å². The minimum Gasteiger partial charge on any atom is -0.478 e. The van der Waals surface area contributed by atoms with E-state index in [0.717, 1.165) is 11.1 Å². The topological polar surface area (TPSA) is 68.0 Å². The van der Waals surface area contributed by atoms with Crippen molar-refractivity contribution in [3.63, 3.8) is 0 Å². The third-order valence-electron chi connectivity index (χ3n) is 4.70. The summed E-state index contributed by atoms with van der Waals surface area (Å²) in [4.78, 5) is 15.5. The summed E-state index contributed by atoms with van der Waals surface area (Å²) < 4.78 is 29.6. The van der Waals surface area contributed by atoms with Crippen molar-refractivity contribution in [3.05, 3.63) is 71.3 Å². The maximum absolute atomic E-state index is 14.1. The number of carboxylic acid groups (broad SMARTS) is 1. The van der Waals surface area contributed by atoms with Crippen LogP contribution in [0.15, 0.2) is 48.5 Å². The Labute approximate surface area is 173 Å². The number of alkyl halides is 2. The van der Waals surface area contributed by atoms with Crippen molar-refractivity contribution < 1.29 is 18.7 Å². The highest BCUT2D eigenvalue weighted by Gasteiger charge is 2.35. The lowest BCUT2D eigenvalue weighted by atomic mass is 9.99. The summed E-state index contributed by atoms with van der Waals surface area (Å²) in [7, 11) is 0. The van der Waals surface area contributed by atoms with Crippen LogP contribution in [0.5, 0.6) is 0 Å². The molecule has 1 heterocycles. The van der Waals surface area contributed by atoms with Crippen molar-refractivity contribution in [2.24, 2.45) is 0 Å². The van der Waals surface area contributed by atoms with Crippen LogP contribution in [0.3, 0.4) is 0 Å². The Morgan fingerprint density at radius 1 is 1.17 bits per heavy atom. The molecule has 0 atom stereocenters. The smallest absolute Gasteiger partial charge is 0.336 e. The van der Waals surface area contributed by atoms with Crippen molar-refractivity contribution in [2.45, 2.75) is 39.2 Å². The Morgan fingerprint density at radius 3 is 2.50 bits per heavy atom. The molecule has 3 aromatic rings. The molecule has 0 amide bonds. The maximum Gasteiger partial charge on any atom is 0.336 e. The van der Waals surface area contributed by atoms with E-state index in [0.29, 0.717) is 11.4 Å². The molecule has 3 rings (SSSR count). The van der Waals surface area contributed by atoms with Gasteiger partial charge in [-0.3, -0.25) is 0 Å². The molecule has 0 saturated carbocycles. The SMILES string of the molecule is CC#CCc1nc(C(F)(F)CC)nn1Cc1ccc(-c2ccccc2C(=O)O)cc1. The molecule has 0 spiro atoms. The molecule has 30 heavy (non-hydrogen) atoms. The lowest BCUT2D eigenvalue weighted by Crippen LogP contribution is -2.14. The first-order valence-corrected chi connectivity index (χ1v) is 9.49. The van der Waals surface area contributed by atoms with E-state index in [9.17, 15) is 18.7 Å². The van der Waals surface area contributed by atoms with Gasteiger partial charge in [0.15, 0.2) is 0 Å². The van der Waals surface area contributed by atoms with Crippen LogP contribution in [-0.4, -0.2) is 25.8 Å². The fraction of sp³-hybridized carbons (Fsp3) is 0.261. The first-order valence-electron chi connectivity index (χ1n) is 9.49. The monoisotopic (exact) mass is 409 g/mol. The summed E-state index contributed by atoms with van der Waals surface area (Å²) >= 11 is 0. The van der Waals surface area contributed by atoms with Gasteiger partial charge in [0.2, 0.25) is 5.82 Å². The van der Waals surface area contributed by atoms with E-state index in [1.54, 1.807) is 43.3 Å². The van der Waals surface area contributed by atoms with E-state index in [2.05, 4.69) is 21.9 Å². The molecule has 2 aromatic carbocycles. The molecule has 0 radical (unpaired) electrons. The van der Waals surface area contributed by atoms with Crippen LogP contribution in [0.1, 0.15) is 47.8 Å². The van der Waals surface area contributed by atoms with Gasteiger partial charge in [-0.2, -0.15) is 8.78 Å². The molecular formula is C23H21F2N3O2. The molecule has 0 aliphatic heterocycles. The molecule has 1 aromatic heterocycles. The summed E-state index contributed by atoms with van der Waals surface area (Å²) in [5.41, 5.74) is 2.41. The Morgan fingerprint density at radius 2 is 1.87 bits per heavy atom. The van der Waals surface area contributed by atoms with Gasteiger partial charge in [0.05, 0.1) is 18.5 Å². The number of nitrogens with zero attached hydrogens (tertiary/aromatic N) is 3. The molecule has 7 heteroatoms. The third-order valence-corrected chi connectivity index (χ3v) is 4.70. The first-order chi connectivity index (χ1) is 14.4. The summed E-state index contributed by atoms with van der Waals surface area (Å²) in [6.07, 6.45) is -0.152. The number of aromatic nitrogens is 3. The Bertz CT molecular complexity index is 1110. The van der Waals surface area contributed by atoms with Gasteiger partial charge in [-0.1, -0.05) is 55.3 Å². The van der Waals surface area contributed by atoms with Crippen LogP contribution >= 0.6 is 0 Å². The third kappa shape index (κ3) is 4.54. The van der Waals surface area contributed by atoms with Crippen LogP contribution in [-0.2, 0) is 18.9 Å². The largest absolute Gasteiger partial charge is 0.478 e. The van der Waals surface area contributed by atoms with E-state index >= 15 is 0 Å². The normalized spacial score (nSPS) is 11.1. The van der Waals surface area contributed by atoms with Crippen molar-refractivity contribution in [1.82, 2.24) is 14.8 Å². The summed E-state index contributed by atoms with van der Waals surface area (Å²) in [6.45, 7) is 3.32. The minimum absolute atomic E-state index is 0.216. The van der Waals surface area contributed by atoms with Gasteiger partial charge in [0.25, 0.3) is 0 Å². The molecular weight excluding hydrogens is 388 g/mol. The number of carboxylic acids is 1. The van der Waals surface area contributed by atoms with Gasteiger partial charge in [-0.15, -0.1) is 11.0 Å². The molecule has 5 nitrogen and oxygen atoms in total. The minimum atomic E-state index is -3.09. The number of carbonyl (C=O) groups is 1. The van der Waals surface area contributed by atoms with Crippen molar-refractivity contribution in [2.75, 3.05) is 0 Å². The Balaban J connectivity index is 1.90. The second kappa shape index (κ2) is 8.87. The first kappa shape index (κ1) is 21.2. The number of hydrogen-bond acceptors (Lipinski definition) is 3. The maximum atomic E-state index is 14.1. The van der Waals surface area contributed by atoms with Crippen molar-refractivity contribution in [3.8, 4) is 23.0 Å². The van der Waals surface area contributed by atoms with Gasteiger partial charge >= 0.3 is 11.9 Å². The summed E-state index contributed by atoms with van der Waals surface area (Å²) in [5, 5.41) is 13.4. The van der Waals surface area contributed by atoms with E-state index in [1.165, 1.54) is 11.6 Å². The fourth-order valence-corrected chi connectivity index (χ4v) is 3.00. The average molecular weight is 409 g/mol. The van der Waals surface area contributed by atoms with Gasteiger partial charge in [0.1, 0.15) is 5.82 Å². The molecule has 0 unspecified atom stereocenters. The molecule has 0 saturated heterocycles. The van der Waals surface area contributed by atoms with Crippen molar-refractivity contribution >= 4 is 5.97 Å². The number of benzene rings is 2. The highest BCUT2D eigenvalue weighted by atomic mass is 19.3. The molecule has 0 fully saturated rings. The fourth-order valence-electron chi connectivity index (χ4n) is 3.00. The highest BCUT2D eigenvalue weighted by molar-refractivity contribution is 5.95. The van der Waals surface area contributed by atoms with E-state index in [4.69, 9.17) is 0 Å². The predicted molar refractivity (Wildman–Crippen MR) is 109 cm³/mol. The molecule has 1 N–H and O–H groups in total. The Kier molecular flexibility index (Phi) is 6.26. The van der Waals surface area contributed by atoms with E-state index < -0.39 is 17.7 Å². The van der Waals surface area contributed by atoms with Gasteiger partial charge < -0.3 is 5.11 Å². The van der Waals surface area contributed by atoms with Crippen LogP contribution in [0.25, 0.3) is 11.1 Å². The van der Waals surface area contributed by atoms with Crippen molar-refractivity contribution in [1.29, 1.82) is 0 Å². The average Bonchev–Trinajstić information content (AvgIpc) is 3.16. The van der Waals surface area contributed by atoms with Crippen LogP contribution in [0.4, 0.5) is 8.78 Å². The lowest BCUT2D eigenvalue weighted by molar-refractivity contribution is -0.0177. The lowest BCUT2D eigenvalue weighted by Gasteiger charge is -2.09. The quantitative estimate of drug-likeness (QED) is 0.572. The highest BCUT2D eigenvalue weighted by Crippen LogP contribution is 2.29. The Hall–Kier alpha value is -3.53. The molecule has 0 aliphatic carbocycles. The van der Waals surface area contributed by atoms with E-state index in [1.807, 2.05) is 12.1 Å².